The van der Waals surface area contributed by atoms with Crippen molar-refractivity contribution in [2.75, 3.05) is 0 Å². The van der Waals surface area contributed by atoms with E-state index >= 15 is 0 Å². The van der Waals surface area contributed by atoms with Gasteiger partial charge in [0.05, 0.1) is 5.56 Å². The van der Waals surface area contributed by atoms with E-state index in [1.54, 1.807) is 11.6 Å². The minimum Gasteiger partial charge on any atom is -0.360 e. The van der Waals surface area contributed by atoms with Gasteiger partial charge in [-0.2, -0.15) is 5.10 Å². The van der Waals surface area contributed by atoms with Crippen LogP contribution in [0.3, 0.4) is 0 Å². The zero-order chi connectivity index (χ0) is 14.8. The maximum atomic E-state index is 12.5. The average molecular weight is 300 g/mol. The van der Waals surface area contributed by atoms with Crippen molar-refractivity contribution in [2.45, 2.75) is 0 Å². The number of nitrogens with zero attached hydrogens (tertiary/aromatic N) is 2. The number of carbonyl (C=O) groups is 1. The van der Waals surface area contributed by atoms with Gasteiger partial charge in [-0.05, 0) is 6.07 Å². The lowest BCUT2D eigenvalue weighted by Crippen LogP contribution is -2.32. The van der Waals surface area contributed by atoms with Gasteiger partial charge in [0, 0.05) is 22.5 Å². The average Bonchev–Trinajstić information content (AvgIpc) is 3.15. The summed E-state index contributed by atoms with van der Waals surface area (Å²) in [5.74, 6) is 10.5. The van der Waals surface area contributed by atoms with Gasteiger partial charge in [-0.3, -0.25) is 4.79 Å². The van der Waals surface area contributed by atoms with Gasteiger partial charge in [-0.15, -0.1) is 11.3 Å². The highest BCUT2D eigenvalue weighted by molar-refractivity contribution is 7.12. The van der Waals surface area contributed by atoms with Crippen LogP contribution in [-0.2, 0) is 0 Å². The summed E-state index contributed by atoms with van der Waals surface area (Å²) in [5.41, 5.74) is 4.26. The number of hydrogen-bond acceptors (Lipinski definition) is 6. The van der Waals surface area contributed by atoms with Crippen LogP contribution >= 0.6 is 11.3 Å². The summed E-state index contributed by atoms with van der Waals surface area (Å²) in [6.45, 7) is 0. The number of hydrogen-bond donors (Lipinski definition) is 4. The number of hydrazone groups is 1. The zero-order valence-corrected chi connectivity index (χ0v) is 11.6. The van der Waals surface area contributed by atoms with Crippen LogP contribution in [0.15, 0.2) is 40.9 Å². The molecular formula is C13H12N6OS. The molecule has 2 aromatic heterocycles. The quantitative estimate of drug-likeness (QED) is 0.188. The number of rotatable bonds is 3. The van der Waals surface area contributed by atoms with Crippen molar-refractivity contribution in [1.29, 1.82) is 0 Å². The first kappa shape index (κ1) is 13.3. The predicted octanol–water partition coefficient (Wildman–Crippen LogP) is 0.939. The first-order chi connectivity index (χ1) is 10.2. The SMILES string of the molecule is N/N=C(\NN)c1csc(C(=O)c2c[nH]c3ccccc23)n1. The first-order valence-corrected chi connectivity index (χ1v) is 6.93. The van der Waals surface area contributed by atoms with E-state index in [2.05, 4.69) is 20.5 Å². The molecule has 3 rings (SSSR count). The smallest absolute Gasteiger partial charge is 0.223 e. The number of para-hydroxylation sites is 1. The molecule has 3 aromatic rings. The summed E-state index contributed by atoms with van der Waals surface area (Å²) in [6, 6.07) is 7.60. The molecule has 0 aliphatic heterocycles. The maximum absolute atomic E-state index is 12.5. The van der Waals surface area contributed by atoms with E-state index < -0.39 is 0 Å². The third kappa shape index (κ3) is 2.26. The van der Waals surface area contributed by atoms with Gasteiger partial charge in [0.25, 0.3) is 0 Å². The molecule has 0 saturated heterocycles. The molecule has 0 aliphatic rings. The maximum Gasteiger partial charge on any atom is 0.223 e. The van der Waals surface area contributed by atoms with Crippen molar-refractivity contribution in [2.24, 2.45) is 16.8 Å². The Bertz CT molecular complexity index is 834. The van der Waals surface area contributed by atoms with Crippen molar-refractivity contribution < 1.29 is 4.79 Å². The van der Waals surface area contributed by atoms with E-state index in [0.717, 1.165) is 10.9 Å². The molecule has 0 unspecified atom stereocenters. The number of nitrogens with one attached hydrogen (secondary N) is 2. The topological polar surface area (TPSA) is 122 Å². The van der Waals surface area contributed by atoms with Crippen LogP contribution in [0.1, 0.15) is 21.1 Å². The molecule has 0 aliphatic carbocycles. The molecule has 106 valence electrons. The predicted molar refractivity (Wildman–Crippen MR) is 81.9 cm³/mol. The molecule has 0 saturated carbocycles. The number of benzene rings is 1. The standard InChI is InChI=1S/C13H12N6OS/c14-18-12(19-15)10-6-21-13(17-10)11(20)8-5-16-9-4-2-1-3-7(8)9/h1-6,16H,14-15H2,(H,18,19). The molecule has 0 atom stereocenters. The van der Waals surface area contributed by atoms with Crippen molar-refractivity contribution in [3.8, 4) is 0 Å². The highest BCUT2D eigenvalue weighted by atomic mass is 32.1. The number of H-pyrrole nitrogens is 1. The Morgan fingerprint density at radius 3 is 2.95 bits per heavy atom. The number of ketones is 1. The lowest BCUT2D eigenvalue weighted by molar-refractivity contribution is 0.104. The number of aromatic amines is 1. The molecule has 8 heteroatoms. The number of aromatic nitrogens is 2. The fourth-order valence-corrected chi connectivity index (χ4v) is 2.79. The Hall–Kier alpha value is -2.71. The van der Waals surface area contributed by atoms with E-state index in [-0.39, 0.29) is 11.6 Å². The van der Waals surface area contributed by atoms with E-state index in [0.29, 0.717) is 16.3 Å². The van der Waals surface area contributed by atoms with Gasteiger partial charge < -0.3 is 16.3 Å². The van der Waals surface area contributed by atoms with Crippen LogP contribution in [0.4, 0.5) is 0 Å². The van der Waals surface area contributed by atoms with Gasteiger partial charge in [-0.1, -0.05) is 18.2 Å². The second-order valence-electron chi connectivity index (χ2n) is 4.24. The van der Waals surface area contributed by atoms with E-state index in [1.165, 1.54) is 11.3 Å². The molecular weight excluding hydrogens is 288 g/mol. The molecule has 6 N–H and O–H groups in total. The zero-order valence-electron chi connectivity index (χ0n) is 10.8. The fourth-order valence-electron chi connectivity index (χ4n) is 2.04. The number of hydrazine groups is 1. The number of thiazole rings is 1. The lowest BCUT2D eigenvalue weighted by Gasteiger charge is -1.98. The molecule has 2 heterocycles. The minimum absolute atomic E-state index is 0.155. The molecule has 0 spiro atoms. The van der Waals surface area contributed by atoms with Crippen molar-refractivity contribution in [3.05, 3.63) is 52.1 Å². The molecule has 1 aromatic carbocycles. The first-order valence-electron chi connectivity index (χ1n) is 6.06. The third-order valence-corrected chi connectivity index (χ3v) is 3.88. The van der Waals surface area contributed by atoms with Gasteiger partial charge in [0.1, 0.15) is 5.69 Å². The van der Waals surface area contributed by atoms with E-state index in [1.807, 2.05) is 24.3 Å². The molecule has 0 fully saturated rings. The lowest BCUT2D eigenvalue weighted by atomic mass is 10.1. The van der Waals surface area contributed by atoms with Crippen LogP contribution in [0.2, 0.25) is 0 Å². The highest BCUT2D eigenvalue weighted by Gasteiger charge is 2.18. The number of amidine groups is 1. The largest absolute Gasteiger partial charge is 0.360 e. The van der Waals surface area contributed by atoms with Crippen LogP contribution in [0.25, 0.3) is 10.9 Å². The van der Waals surface area contributed by atoms with Crippen LogP contribution in [-0.4, -0.2) is 21.6 Å². The summed E-state index contributed by atoms with van der Waals surface area (Å²) >= 11 is 1.22. The number of carbonyl (C=O) groups excluding carboxylic acids is 1. The van der Waals surface area contributed by atoms with Gasteiger partial charge in [0.15, 0.2) is 10.8 Å². The summed E-state index contributed by atoms with van der Waals surface area (Å²) in [7, 11) is 0. The van der Waals surface area contributed by atoms with Gasteiger partial charge >= 0.3 is 0 Å². The van der Waals surface area contributed by atoms with Crippen LogP contribution in [0.5, 0.6) is 0 Å². The van der Waals surface area contributed by atoms with Crippen molar-refractivity contribution in [3.63, 3.8) is 0 Å². The Balaban J connectivity index is 1.99. The molecule has 0 amide bonds. The Morgan fingerprint density at radius 2 is 2.19 bits per heavy atom. The second-order valence-corrected chi connectivity index (χ2v) is 5.10. The van der Waals surface area contributed by atoms with Gasteiger partial charge in [-0.25, -0.2) is 10.8 Å². The summed E-state index contributed by atoms with van der Waals surface area (Å²) < 4.78 is 0. The minimum atomic E-state index is -0.155. The monoisotopic (exact) mass is 300 g/mol. The number of nitrogens with two attached hydrogens (primary N) is 2. The van der Waals surface area contributed by atoms with Gasteiger partial charge in [0.2, 0.25) is 5.78 Å². The van der Waals surface area contributed by atoms with Crippen LogP contribution in [0, 0.1) is 0 Å². The normalized spacial score (nSPS) is 11.8. The third-order valence-electron chi connectivity index (χ3n) is 3.04. The molecule has 21 heavy (non-hydrogen) atoms. The summed E-state index contributed by atoms with van der Waals surface area (Å²) in [4.78, 5) is 19.8. The highest BCUT2D eigenvalue weighted by Crippen LogP contribution is 2.22. The second kappa shape index (κ2) is 5.35. The molecule has 7 nitrogen and oxygen atoms in total. The molecule has 0 bridgehead atoms. The Labute approximate surface area is 123 Å². The van der Waals surface area contributed by atoms with Crippen molar-refractivity contribution >= 4 is 33.9 Å². The summed E-state index contributed by atoms with van der Waals surface area (Å²) in [6.07, 6.45) is 1.69. The van der Waals surface area contributed by atoms with E-state index in [4.69, 9.17) is 11.7 Å². The Morgan fingerprint density at radius 1 is 1.38 bits per heavy atom. The summed E-state index contributed by atoms with van der Waals surface area (Å²) in [5, 5.41) is 6.36. The van der Waals surface area contributed by atoms with E-state index in [9.17, 15) is 4.79 Å². The Kier molecular flexibility index (Phi) is 3.38. The van der Waals surface area contributed by atoms with Crippen molar-refractivity contribution in [1.82, 2.24) is 15.4 Å². The fraction of sp³-hybridized carbons (Fsp3) is 0. The number of fused-ring (bicyclic) bond motifs is 1. The van der Waals surface area contributed by atoms with Crippen LogP contribution < -0.4 is 17.1 Å². The molecule has 0 radical (unpaired) electrons.